The minimum Gasteiger partial charge on any atom is -0.443 e. The van der Waals surface area contributed by atoms with Crippen molar-refractivity contribution in [2.24, 2.45) is 5.92 Å². The second-order valence-corrected chi connectivity index (χ2v) is 7.68. The highest BCUT2D eigenvalue weighted by Crippen LogP contribution is 2.29. The van der Waals surface area contributed by atoms with E-state index in [2.05, 4.69) is 15.9 Å². The normalized spacial score (nSPS) is 11.9. The van der Waals surface area contributed by atoms with Crippen LogP contribution in [-0.4, -0.2) is 32.3 Å². The van der Waals surface area contributed by atoms with Crippen molar-refractivity contribution in [2.45, 2.75) is 25.7 Å². The van der Waals surface area contributed by atoms with Crippen molar-refractivity contribution in [3.8, 4) is 0 Å². The summed E-state index contributed by atoms with van der Waals surface area (Å²) < 4.78 is 27.6. The third-order valence-corrected chi connectivity index (χ3v) is 4.56. The van der Waals surface area contributed by atoms with Gasteiger partial charge in [0.1, 0.15) is 4.90 Å². The van der Waals surface area contributed by atoms with E-state index in [0.29, 0.717) is 19.0 Å². The molecule has 0 aromatic carbocycles. The zero-order valence-electron chi connectivity index (χ0n) is 10.8. The quantitative estimate of drug-likeness (QED) is 0.745. The van der Waals surface area contributed by atoms with E-state index in [1.54, 1.807) is 4.90 Å². The Balaban J connectivity index is 3.07. The van der Waals surface area contributed by atoms with Crippen molar-refractivity contribution in [1.29, 1.82) is 0 Å². The van der Waals surface area contributed by atoms with E-state index in [0.717, 1.165) is 6.07 Å². The number of amides is 1. The third-order valence-electron chi connectivity index (χ3n) is 2.38. The van der Waals surface area contributed by atoms with Crippen LogP contribution in [0.2, 0.25) is 0 Å². The first kappa shape index (κ1) is 16.5. The maximum atomic E-state index is 12.2. The molecule has 0 spiro atoms. The van der Waals surface area contributed by atoms with Crippen LogP contribution in [0.15, 0.2) is 20.0 Å². The Morgan fingerprint density at radius 1 is 1.53 bits per heavy atom. The van der Waals surface area contributed by atoms with Crippen LogP contribution < -0.4 is 0 Å². The Bertz CT molecular complexity index is 567. The summed E-state index contributed by atoms with van der Waals surface area (Å²) in [5, 5.41) is 0. The molecule has 0 N–H and O–H groups in total. The highest BCUT2D eigenvalue weighted by Gasteiger charge is 2.25. The summed E-state index contributed by atoms with van der Waals surface area (Å²) in [7, 11) is 1.30. The van der Waals surface area contributed by atoms with E-state index >= 15 is 0 Å². The third kappa shape index (κ3) is 4.22. The zero-order valence-corrected chi connectivity index (χ0v) is 14.0. The molecular weight excluding hydrogens is 358 g/mol. The van der Waals surface area contributed by atoms with Crippen molar-refractivity contribution < 1.29 is 17.6 Å². The van der Waals surface area contributed by atoms with E-state index in [4.69, 9.17) is 15.1 Å². The van der Waals surface area contributed by atoms with Gasteiger partial charge in [-0.25, -0.2) is 8.42 Å². The molecule has 0 fully saturated rings. The molecule has 1 aromatic heterocycles. The van der Waals surface area contributed by atoms with Crippen LogP contribution in [0.1, 0.15) is 31.3 Å². The summed E-state index contributed by atoms with van der Waals surface area (Å²) in [6.45, 7) is 6.90. The number of hydrogen-bond acceptors (Lipinski definition) is 4. The molecule has 0 atom stereocenters. The van der Waals surface area contributed by atoms with Gasteiger partial charge >= 0.3 is 0 Å². The average Bonchev–Trinajstić information content (AvgIpc) is 2.66. The Hall–Kier alpha value is -0.530. The van der Waals surface area contributed by atoms with Crippen LogP contribution in [0.25, 0.3) is 0 Å². The first-order valence-corrected chi connectivity index (χ1v) is 8.80. The summed E-state index contributed by atoms with van der Waals surface area (Å²) in [4.78, 5) is 13.5. The van der Waals surface area contributed by atoms with Gasteiger partial charge in [0, 0.05) is 29.8 Å². The molecule has 0 radical (unpaired) electrons. The van der Waals surface area contributed by atoms with Gasteiger partial charge in [0.15, 0.2) is 10.4 Å². The maximum Gasteiger partial charge on any atom is 0.289 e. The van der Waals surface area contributed by atoms with E-state index in [1.165, 1.54) is 0 Å². The van der Waals surface area contributed by atoms with Crippen molar-refractivity contribution in [2.75, 3.05) is 13.1 Å². The molecule has 1 aromatic rings. The van der Waals surface area contributed by atoms with Gasteiger partial charge in [0.25, 0.3) is 15.0 Å². The van der Waals surface area contributed by atoms with E-state index < -0.39 is 9.05 Å². The summed E-state index contributed by atoms with van der Waals surface area (Å²) in [6.07, 6.45) is 0. The molecule has 1 amide bonds. The number of nitrogens with zero attached hydrogens (tertiary/aromatic N) is 1. The van der Waals surface area contributed by atoms with Gasteiger partial charge in [0.2, 0.25) is 0 Å². The van der Waals surface area contributed by atoms with Crippen LogP contribution in [0, 0.1) is 5.92 Å². The number of carbonyl (C=O) groups is 1. The van der Waals surface area contributed by atoms with Crippen molar-refractivity contribution >= 4 is 41.6 Å². The number of rotatable bonds is 5. The Kier molecular flexibility index (Phi) is 5.46. The number of carbonyl (C=O) groups excluding carboxylic acids is 1. The molecule has 0 aliphatic rings. The minimum atomic E-state index is -3.94. The molecule has 19 heavy (non-hydrogen) atoms. The Morgan fingerprint density at radius 2 is 2.11 bits per heavy atom. The van der Waals surface area contributed by atoms with Crippen molar-refractivity contribution in [3.63, 3.8) is 0 Å². The highest BCUT2D eigenvalue weighted by atomic mass is 79.9. The Morgan fingerprint density at radius 3 is 2.47 bits per heavy atom. The molecule has 0 saturated carbocycles. The van der Waals surface area contributed by atoms with Gasteiger partial charge in [-0.2, -0.15) is 0 Å². The minimum absolute atomic E-state index is 0.0476. The molecule has 1 heterocycles. The lowest BCUT2D eigenvalue weighted by molar-refractivity contribution is 0.0712. The molecule has 0 bridgehead atoms. The number of hydrogen-bond donors (Lipinski definition) is 0. The summed E-state index contributed by atoms with van der Waals surface area (Å²) in [6, 6.07) is 1.14. The topological polar surface area (TPSA) is 67.6 Å². The summed E-state index contributed by atoms with van der Waals surface area (Å²) in [5.41, 5.74) is 0. The first-order chi connectivity index (χ1) is 8.66. The number of furan rings is 1. The second kappa shape index (κ2) is 6.28. The molecule has 0 saturated heterocycles. The zero-order chi connectivity index (χ0) is 14.8. The van der Waals surface area contributed by atoms with Crippen LogP contribution in [0.3, 0.4) is 0 Å². The largest absolute Gasteiger partial charge is 0.443 e. The molecule has 1 rings (SSSR count). The summed E-state index contributed by atoms with van der Waals surface area (Å²) >= 11 is 2.94. The fourth-order valence-corrected chi connectivity index (χ4v) is 3.61. The van der Waals surface area contributed by atoms with E-state index in [9.17, 15) is 13.2 Å². The highest BCUT2D eigenvalue weighted by molar-refractivity contribution is 9.10. The van der Waals surface area contributed by atoms with Crippen LogP contribution >= 0.6 is 26.6 Å². The SMILES string of the molecule is CCN(CC(C)C)C(=O)c1cc(S(=O)(=O)Cl)c(Br)o1. The van der Waals surface area contributed by atoms with E-state index in [-0.39, 0.29) is 21.2 Å². The van der Waals surface area contributed by atoms with Gasteiger partial charge in [-0.1, -0.05) is 13.8 Å². The second-order valence-electron chi connectivity index (χ2n) is 4.42. The van der Waals surface area contributed by atoms with Gasteiger partial charge < -0.3 is 9.32 Å². The van der Waals surface area contributed by atoms with Gasteiger partial charge in [-0.3, -0.25) is 4.79 Å². The van der Waals surface area contributed by atoms with E-state index in [1.807, 2.05) is 20.8 Å². The lowest BCUT2D eigenvalue weighted by atomic mass is 10.2. The average molecular weight is 373 g/mol. The standard InChI is InChI=1S/C11H15BrClNO4S/c1-4-14(6-7(2)3)11(15)8-5-9(10(12)18-8)19(13,16)17/h5,7H,4,6H2,1-3H3. The number of halogens is 2. The van der Waals surface area contributed by atoms with Gasteiger partial charge in [-0.15, -0.1) is 0 Å². The maximum absolute atomic E-state index is 12.2. The van der Waals surface area contributed by atoms with Crippen molar-refractivity contribution in [1.82, 2.24) is 4.90 Å². The van der Waals surface area contributed by atoms with Gasteiger partial charge in [0.05, 0.1) is 0 Å². The smallest absolute Gasteiger partial charge is 0.289 e. The predicted molar refractivity (Wildman–Crippen MR) is 75.9 cm³/mol. The molecule has 0 aliphatic carbocycles. The molecule has 8 heteroatoms. The van der Waals surface area contributed by atoms with Gasteiger partial charge in [-0.05, 0) is 28.8 Å². The summed E-state index contributed by atoms with van der Waals surface area (Å²) in [5.74, 6) is -0.101. The lowest BCUT2D eigenvalue weighted by Crippen LogP contribution is -2.33. The monoisotopic (exact) mass is 371 g/mol. The first-order valence-electron chi connectivity index (χ1n) is 5.70. The molecule has 0 aliphatic heterocycles. The predicted octanol–water partition coefficient (Wildman–Crippen LogP) is 3.09. The molecule has 5 nitrogen and oxygen atoms in total. The fraction of sp³-hybridized carbons (Fsp3) is 0.545. The molecular formula is C11H15BrClNO4S. The Labute approximate surface area is 125 Å². The fourth-order valence-electron chi connectivity index (χ4n) is 1.58. The van der Waals surface area contributed by atoms with Crippen LogP contribution in [0.5, 0.6) is 0 Å². The molecule has 108 valence electrons. The van der Waals surface area contributed by atoms with Crippen LogP contribution in [0.4, 0.5) is 0 Å². The lowest BCUT2D eigenvalue weighted by Gasteiger charge is -2.21. The van der Waals surface area contributed by atoms with Crippen LogP contribution in [-0.2, 0) is 9.05 Å². The molecule has 0 unspecified atom stereocenters. The van der Waals surface area contributed by atoms with Crippen molar-refractivity contribution in [3.05, 3.63) is 16.5 Å².